The lowest BCUT2D eigenvalue weighted by Gasteiger charge is -2.38. The summed E-state index contributed by atoms with van der Waals surface area (Å²) in [6.07, 6.45) is -14.2. The van der Waals surface area contributed by atoms with Crippen molar-refractivity contribution in [1.82, 2.24) is 0 Å². The molecule has 0 fully saturated rings. The van der Waals surface area contributed by atoms with Gasteiger partial charge in [0, 0.05) is 18.8 Å². The summed E-state index contributed by atoms with van der Waals surface area (Å²) in [6.45, 7) is 25.1. The third-order valence-electron chi connectivity index (χ3n) is 15.3. The van der Waals surface area contributed by atoms with Crippen LogP contribution in [0.1, 0.15) is 125 Å². The molecule has 0 bridgehead atoms. The number of nitrogens with one attached hydrogen (secondary N) is 2. The van der Waals surface area contributed by atoms with E-state index in [0.29, 0.717) is 84.9 Å². The number of anilines is 5. The molecule has 0 spiro atoms. The minimum absolute atomic E-state index is 0.0326. The van der Waals surface area contributed by atoms with Gasteiger partial charge in [0.15, 0.2) is 0 Å². The molecular formula is C54H55F6N5O8Si. The SMILES string of the molecule is Cc1c(C)c(C)c(NC(=O)O[Si](C)(C)OC(=O)Nc2c(C)c(C)c(N3C(=O)c4ccc(C(c5ccc6c(c5)C(=O)N(c5c(C)c(C)c(N)c(C)c5C)C6=O)(C(F)(F)F)C(F)(F)F)cc4C3=O)c(C)c2C)c(C)c1C. The molecule has 6 amide bonds. The van der Waals surface area contributed by atoms with Crippen molar-refractivity contribution >= 4 is 72.8 Å². The predicted octanol–water partition coefficient (Wildman–Crippen LogP) is 12.8. The Morgan fingerprint density at radius 2 is 0.743 bits per heavy atom. The Morgan fingerprint density at radius 1 is 0.459 bits per heavy atom. The Kier molecular flexibility index (Phi) is 13.3. The van der Waals surface area contributed by atoms with Crippen LogP contribution in [0.15, 0.2) is 36.4 Å². The minimum Gasteiger partial charge on any atom is -0.468 e. The van der Waals surface area contributed by atoms with Crippen LogP contribution in [0.2, 0.25) is 13.1 Å². The molecule has 390 valence electrons. The second-order valence-corrected chi connectivity index (χ2v) is 22.8. The van der Waals surface area contributed by atoms with E-state index < -0.39 is 95.5 Å². The fourth-order valence-corrected chi connectivity index (χ4v) is 11.3. The molecule has 13 nitrogen and oxygen atoms in total. The molecule has 7 rings (SSSR count). The molecule has 0 radical (unpaired) electrons. The van der Waals surface area contributed by atoms with Gasteiger partial charge in [0.1, 0.15) is 0 Å². The zero-order valence-corrected chi connectivity index (χ0v) is 44.5. The van der Waals surface area contributed by atoms with E-state index in [0.717, 1.165) is 33.9 Å². The van der Waals surface area contributed by atoms with Crippen LogP contribution in [-0.4, -0.2) is 56.7 Å². The molecule has 4 N–H and O–H groups in total. The standard InChI is InChI=1S/C54H55F6N5O8Si/c1-22-23(2)27(6)42(28(7)24(22)3)62-50(70)72-74(14,15)73-51(71)63-43-29(8)33(12)45(34(13)30(43)9)65-47(67)38-19-17-36(21-40(38)49(65)69)52(53(55,56)57,54(58,59)60)35-16-18-37-39(20-35)48(68)64(46(37)66)44-31(10)25(4)41(61)26(5)32(44)11/h16-21H,61H2,1-15H3,(H,62,70)(H,63,71). The number of alkyl halides is 6. The zero-order chi connectivity index (χ0) is 55.5. The average Bonchev–Trinajstić information content (AvgIpc) is 3.70. The molecule has 2 aliphatic heterocycles. The molecular weight excluding hydrogens is 989 g/mol. The molecule has 2 heterocycles. The van der Waals surface area contributed by atoms with Crippen molar-refractivity contribution in [2.24, 2.45) is 0 Å². The van der Waals surface area contributed by atoms with Crippen molar-refractivity contribution < 1.29 is 64.0 Å². The maximum absolute atomic E-state index is 15.7. The Morgan fingerprint density at radius 3 is 1.07 bits per heavy atom. The van der Waals surface area contributed by atoms with Gasteiger partial charge in [-0.15, -0.1) is 0 Å². The normalized spacial score (nSPS) is 14.0. The summed E-state index contributed by atoms with van der Waals surface area (Å²) >= 11 is 0. The van der Waals surface area contributed by atoms with Crippen LogP contribution in [-0.2, 0) is 14.3 Å². The van der Waals surface area contributed by atoms with Gasteiger partial charge in [-0.2, -0.15) is 26.3 Å². The summed E-state index contributed by atoms with van der Waals surface area (Å²) in [6, 6.07) is 3.18. The number of rotatable bonds is 8. The van der Waals surface area contributed by atoms with Gasteiger partial charge in [0.2, 0.25) is 5.41 Å². The second kappa shape index (κ2) is 18.2. The van der Waals surface area contributed by atoms with Crippen LogP contribution in [0.25, 0.3) is 0 Å². The highest BCUT2D eigenvalue weighted by atomic mass is 28.4. The minimum atomic E-state index is -6.19. The zero-order valence-electron chi connectivity index (χ0n) is 43.5. The van der Waals surface area contributed by atoms with Gasteiger partial charge in [-0.25, -0.2) is 19.4 Å². The lowest BCUT2D eigenvalue weighted by Crippen LogP contribution is -2.55. The fraction of sp³-hybridized carbons (Fsp3) is 0.333. The van der Waals surface area contributed by atoms with Gasteiger partial charge in [-0.1, -0.05) is 12.1 Å². The Bertz CT molecular complexity index is 3280. The number of carbonyl (C=O) groups is 6. The molecule has 74 heavy (non-hydrogen) atoms. The Hall–Kier alpha value is -7.48. The lowest BCUT2D eigenvalue weighted by atomic mass is 9.71. The monoisotopic (exact) mass is 1040 g/mol. The summed E-state index contributed by atoms with van der Waals surface area (Å²) in [7, 11) is -3.55. The topological polar surface area (TPSA) is 177 Å². The van der Waals surface area contributed by atoms with Crippen molar-refractivity contribution in [2.75, 3.05) is 26.2 Å². The number of benzene rings is 5. The van der Waals surface area contributed by atoms with E-state index in [1.165, 1.54) is 26.9 Å². The molecule has 5 aromatic carbocycles. The Labute approximate surface area is 424 Å². The van der Waals surface area contributed by atoms with E-state index in [-0.39, 0.29) is 28.2 Å². The van der Waals surface area contributed by atoms with Gasteiger partial charge in [-0.05, 0) is 198 Å². The van der Waals surface area contributed by atoms with E-state index in [1.54, 1.807) is 41.5 Å². The molecule has 5 aromatic rings. The smallest absolute Gasteiger partial charge is 0.460 e. The van der Waals surface area contributed by atoms with Crippen molar-refractivity contribution in [1.29, 1.82) is 0 Å². The number of hydrogen-bond acceptors (Lipinski definition) is 9. The average molecular weight is 1040 g/mol. The summed E-state index contributed by atoms with van der Waals surface area (Å²) in [4.78, 5) is 84.5. The molecule has 0 atom stereocenters. The number of hydrogen-bond donors (Lipinski definition) is 3. The molecule has 0 saturated carbocycles. The van der Waals surface area contributed by atoms with Crippen LogP contribution in [0.3, 0.4) is 0 Å². The molecule has 0 aliphatic carbocycles. The largest absolute Gasteiger partial charge is 0.468 e. The number of imide groups is 2. The van der Waals surface area contributed by atoms with Crippen molar-refractivity contribution in [2.45, 2.75) is 121 Å². The van der Waals surface area contributed by atoms with Gasteiger partial charge in [0.25, 0.3) is 23.6 Å². The van der Waals surface area contributed by atoms with E-state index >= 15 is 26.3 Å². The molecule has 0 aromatic heterocycles. The number of nitrogen functional groups attached to an aromatic ring is 1. The highest BCUT2D eigenvalue weighted by molar-refractivity contribution is 6.68. The third kappa shape index (κ3) is 8.17. The highest BCUT2D eigenvalue weighted by Gasteiger charge is 2.73. The maximum Gasteiger partial charge on any atom is 0.460 e. The first-order valence-corrected chi connectivity index (χ1v) is 26.1. The maximum atomic E-state index is 15.7. The summed E-state index contributed by atoms with van der Waals surface area (Å²) in [5.41, 5.74) is 4.90. The van der Waals surface area contributed by atoms with Crippen molar-refractivity contribution in [3.05, 3.63) is 142 Å². The van der Waals surface area contributed by atoms with E-state index in [9.17, 15) is 28.8 Å². The fourth-order valence-electron chi connectivity index (χ4n) is 10.2. The van der Waals surface area contributed by atoms with Crippen LogP contribution in [0, 0.1) is 90.0 Å². The van der Waals surface area contributed by atoms with Crippen molar-refractivity contribution in [3.8, 4) is 0 Å². The highest BCUT2D eigenvalue weighted by Crippen LogP contribution is 2.57. The van der Waals surface area contributed by atoms with Gasteiger partial charge >= 0.3 is 33.1 Å². The van der Waals surface area contributed by atoms with E-state index in [1.807, 2.05) is 34.6 Å². The third-order valence-corrected chi connectivity index (χ3v) is 16.7. The van der Waals surface area contributed by atoms with Crippen LogP contribution < -0.4 is 26.2 Å². The number of nitrogens with two attached hydrogens (primary N) is 1. The van der Waals surface area contributed by atoms with Gasteiger partial charge in [-0.3, -0.25) is 29.8 Å². The quantitative estimate of drug-likeness (QED) is 0.0590. The first kappa shape index (κ1) is 54.3. The summed E-state index contributed by atoms with van der Waals surface area (Å²) < 4.78 is 106. The number of halogens is 6. The number of fused-ring (bicyclic) bond motifs is 2. The van der Waals surface area contributed by atoms with Gasteiger partial charge in [0.05, 0.1) is 45.0 Å². The summed E-state index contributed by atoms with van der Waals surface area (Å²) in [5.74, 6) is -4.40. The van der Waals surface area contributed by atoms with E-state index in [4.69, 9.17) is 14.6 Å². The lowest BCUT2D eigenvalue weighted by molar-refractivity contribution is -0.288. The first-order chi connectivity index (χ1) is 34.0. The van der Waals surface area contributed by atoms with E-state index in [2.05, 4.69) is 10.6 Å². The number of amides is 6. The van der Waals surface area contributed by atoms with Crippen LogP contribution >= 0.6 is 0 Å². The van der Waals surface area contributed by atoms with Crippen molar-refractivity contribution in [3.63, 3.8) is 0 Å². The molecule has 0 saturated heterocycles. The molecule has 0 unspecified atom stereocenters. The van der Waals surface area contributed by atoms with Gasteiger partial charge < -0.3 is 14.6 Å². The summed E-state index contributed by atoms with van der Waals surface area (Å²) in [5, 5.41) is 5.44. The van der Waals surface area contributed by atoms with Crippen LogP contribution in [0.5, 0.6) is 0 Å². The molecule has 2 aliphatic rings. The van der Waals surface area contributed by atoms with Crippen LogP contribution in [0.4, 0.5) is 64.4 Å². The predicted molar refractivity (Wildman–Crippen MR) is 271 cm³/mol. The number of carbonyl (C=O) groups excluding carboxylic acids is 6. The number of nitrogens with zero attached hydrogens (tertiary/aromatic N) is 2. The molecule has 20 heteroatoms. The first-order valence-electron chi connectivity index (χ1n) is 23.3. The Balaban J connectivity index is 1.20. The second-order valence-electron chi connectivity index (χ2n) is 19.6.